The number of rotatable bonds is 5. The number of benzene rings is 1. The second kappa shape index (κ2) is 6.95. The van der Waals surface area contributed by atoms with Gasteiger partial charge in [0.1, 0.15) is 5.78 Å². The van der Waals surface area contributed by atoms with Gasteiger partial charge < -0.3 is 4.57 Å². The Kier molecular flexibility index (Phi) is 4.86. The Bertz CT molecular complexity index is 1100. The quantitative estimate of drug-likeness (QED) is 0.635. The van der Waals surface area contributed by atoms with E-state index in [9.17, 15) is 14.4 Å². The summed E-state index contributed by atoms with van der Waals surface area (Å²) in [6, 6.07) is 9.69. The Balaban J connectivity index is 2.28. The van der Waals surface area contributed by atoms with Crippen LogP contribution in [0.2, 0.25) is 0 Å². The number of aromatic nitrogens is 4. The molecule has 26 heavy (non-hydrogen) atoms. The molecular formula is C18H20N4O3S. The van der Waals surface area contributed by atoms with Crippen LogP contribution < -0.4 is 11.2 Å². The molecule has 3 rings (SSSR count). The van der Waals surface area contributed by atoms with E-state index in [-0.39, 0.29) is 11.0 Å². The fraction of sp³-hybridized carbons (Fsp3) is 0.333. The minimum atomic E-state index is -0.428. The molecule has 0 fully saturated rings. The molecule has 0 aliphatic heterocycles. The van der Waals surface area contributed by atoms with Gasteiger partial charge in [-0.3, -0.25) is 18.7 Å². The summed E-state index contributed by atoms with van der Waals surface area (Å²) >= 11 is 1.29. The third-order valence-electron chi connectivity index (χ3n) is 4.35. The first-order valence-corrected chi connectivity index (χ1v) is 9.06. The average Bonchev–Trinajstić information content (AvgIpc) is 2.97. The molecule has 136 valence electrons. The highest BCUT2D eigenvalue weighted by Gasteiger charge is 2.22. The second-order valence-corrected chi connectivity index (χ2v) is 7.52. The van der Waals surface area contributed by atoms with Crippen molar-refractivity contribution in [2.75, 3.05) is 0 Å². The monoisotopic (exact) mass is 372 g/mol. The van der Waals surface area contributed by atoms with Crippen LogP contribution in [0.5, 0.6) is 0 Å². The second-order valence-electron chi connectivity index (χ2n) is 6.21. The highest BCUT2D eigenvalue weighted by Crippen LogP contribution is 2.26. The van der Waals surface area contributed by atoms with Gasteiger partial charge >= 0.3 is 5.69 Å². The van der Waals surface area contributed by atoms with Gasteiger partial charge in [0.2, 0.25) is 0 Å². The summed E-state index contributed by atoms with van der Waals surface area (Å²) < 4.78 is 4.23. The van der Waals surface area contributed by atoms with Crippen molar-refractivity contribution in [3.8, 4) is 0 Å². The van der Waals surface area contributed by atoms with Crippen LogP contribution in [0.25, 0.3) is 11.2 Å². The van der Waals surface area contributed by atoms with Gasteiger partial charge in [-0.1, -0.05) is 42.1 Å². The standard InChI is InChI=1S/C18H20N4O3S/c1-11(23)12(2)26-17-19-15-14(16(24)21(4)18(25)20(15)3)22(17)10-13-8-6-5-7-9-13/h5-9,12H,10H2,1-4H3/t12-/m0/s1. The summed E-state index contributed by atoms with van der Waals surface area (Å²) in [5, 5.41) is 0.243. The van der Waals surface area contributed by atoms with Gasteiger partial charge in [-0.15, -0.1) is 0 Å². The maximum atomic E-state index is 12.8. The number of carbonyl (C=O) groups excluding carboxylic acids is 1. The molecule has 1 aromatic carbocycles. The zero-order valence-corrected chi connectivity index (χ0v) is 15.9. The van der Waals surface area contributed by atoms with E-state index in [1.165, 1.54) is 30.3 Å². The number of hydrogen-bond acceptors (Lipinski definition) is 5. The van der Waals surface area contributed by atoms with Crippen LogP contribution in [-0.4, -0.2) is 29.7 Å². The molecular weight excluding hydrogens is 352 g/mol. The van der Waals surface area contributed by atoms with E-state index in [4.69, 9.17) is 0 Å². The highest BCUT2D eigenvalue weighted by molar-refractivity contribution is 8.00. The van der Waals surface area contributed by atoms with Gasteiger partial charge in [0.05, 0.1) is 11.8 Å². The average molecular weight is 372 g/mol. The largest absolute Gasteiger partial charge is 0.332 e. The fourth-order valence-electron chi connectivity index (χ4n) is 2.67. The third kappa shape index (κ3) is 3.12. The molecule has 0 N–H and O–H groups in total. The molecule has 0 aliphatic rings. The van der Waals surface area contributed by atoms with Crippen molar-refractivity contribution < 1.29 is 4.79 Å². The maximum absolute atomic E-state index is 12.8. The molecule has 0 unspecified atom stereocenters. The molecule has 0 spiro atoms. The molecule has 7 nitrogen and oxygen atoms in total. The first-order valence-electron chi connectivity index (χ1n) is 8.18. The van der Waals surface area contributed by atoms with E-state index >= 15 is 0 Å². The van der Waals surface area contributed by atoms with E-state index < -0.39 is 11.2 Å². The summed E-state index contributed by atoms with van der Waals surface area (Å²) in [5.74, 6) is 0.0232. The summed E-state index contributed by atoms with van der Waals surface area (Å²) in [5.41, 5.74) is 0.862. The molecule has 0 amide bonds. The smallest absolute Gasteiger partial charge is 0.309 e. The van der Waals surface area contributed by atoms with Crippen molar-refractivity contribution in [3.63, 3.8) is 0 Å². The maximum Gasteiger partial charge on any atom is 0.332 e. The molecule has 2 aromatic heterocycles. The number of nitrogens with zero attached hydrogens (tertiary/aromatic N) is 4. The number of fused-ring (bicyclic) bond motifs is 1. The zero-order valence-electron chi connectivity index (χ0n) is 15.1. The number of thioether (sulfide) groups is 1. The predicted octanol–water partition coefficient (Wildman–Crippen LogP) is 1.55. The molecule has 0 saturated heterocycles. The van der Waals surface area contributed by atoms with E-state index in [0.717, 1.165) is 10.1 Å². The van der Waals surface area contributed by atoms with Crippen LogP contribution in [0.15, 0.2) is 45.1 Å². The van der Waals surface area contributed by atoms with E-state index in [1.807, 2.05) is 30.3 Å². The van der Waals surface area contributed by atoms with Crippen LogP contribution in [0.1, 0.15) is 19.4 Å². The Morgan fingerprint density at radius 3 is 2.42 bits per heavy atom. The van der Waals surface area contributed by atoms with Crippen molar-refractivity contribution in [1.29, 1.82) is 0 Å². The lowest BCUT2D eigenvalue weighted by atomic mass is 10.2. The summed E-state index contributed by atoms with van der Waals surface area (Å²) in [6.07, 6.45) is 0. The number of carbonyl (C=O) groups is 1. The number of imidazole rings is 1. The number of aryl methyl sites for hydroxylation is 1. The van der Waals surface area contributed by atoms with Crippen molar-refractivity contribution in [3.05, 3.63) is 56.7 Å². The van der Waals surface area contributed by atoms with Gasteiger partial charge in [0.15, 0.2) is 16.3 Å². The molecule has 8 heteroatoms. The van der Waals surface area contributed by atoms with E-state index in [1.54, 1.807) is 18.5 Å². The number of ketones is 1. The third-order valence-corrected chi connectivity index (χ3v) is 5.56. The Morgan fingerprint density at radius 1 is 1.15 bits per heavy atom. The molecule has 0 bridgehead atoms. The number of hydrogen-bond donors (Lipinski definition) is 0. The number of Topliss-reactive ketones (excluding diaryl/α,β-unsaturated/α-hetero) is 1. The Labute approximate surface area is 154 Å². The van der Waals surface area contributed by atoms with Crippen LogP contribution in [0.3, 0.4) is 0 Å². The van der Waals surface area contributed by atoms with Crippen LogP contribution in [-0.2, 0) is 25.4 Å². The van der Waals surface area contributed by atoms with Crippen molar-refractivity contribution in [2.45, 2.75) is 30.8 Å². The van der Waals surface area contributed by atoms with Crippen molar-refractivity contribution in [2.24, 2.45) is 14.1 Å². The van der Waals surface area contributed by atoms with Gasteiger partial charge in [0, 0.05) is 14.1 Å². The lowest BCUT2D eigenvalue weighted by Crippen LogP contribution is -2.37. The first-order chi connectivity index (χ1) is 12.3. The predicted molar refractivity (Wildman–Crippen MR) is 102 cm³/mol. The van der Waals surface area contributed by atoms with Crippen molar-refractivity contribution >= 4 is 28.7 Å². The lowest BCUT2D eigenvalue weighted by Gasteiger charge is -2.11. The van der Waals surface area contributed by atoms with E-state index in [0.29, 0.717) is 22.9 Å². The van der Waals surface area contributed by atoms with Crippen molar-refractivity contribution in [1.82, 2.24) is 18.7 Å². The summed E-state index contributed by atoms with van der Waals surface area (Å²) in [7, 11) is 3.04. The normalized spacial score (nSPS) is 12.5. The van der Waals surface area contributed by atoms with Gasteiger partial charge in [0.25, 0.3) is 5.56 Å². The topological polar surface area (TPSA) is 78.9 Å². The molecule has 2 heterocycles. The molecule has 0 radical (unpaired) electrons. The summed E-state index contributed by atoms with van der Waals surface area (Å²) in [4.78, 5) is 41.2. The molecule has 0 saturated carbocycles. The Hall–Kier alpha value is -2.61. The van der Waals surface area contributed by atoms with Gasteiger partial charge in [-0.2, -0.15) is 0 Å². The fourth-order valence-corrected chi connectivity index (χ4v) is 3.57. The SMILES string of the molecule is CC(=O)[C@H](C)Sc1nc2c(c(=O)n(C)c(=O)n2C)n1Cc1ccccc1. The minimum Gasteiger partial charge on any atom is -0.309 e. The zero-order chi connectivity index (χ0) is 19.0. The molecule has 0 aliphatic carbocycles. The van der Waals surface area contributed by atoms with Gasteiger partial charge in [-0.05, 0) is 19.4 Å². The lowest BCUT2D eigenvalue weighted by molar-refractivity contribution is -0.116. The van der Waals surface area contributed by atoms with Crippen LogP contribution in [0.4, 0.5) is 0 Å². The van der Waals surface area contributed by atoms with Crippen LogP contribution in [0, 0.1) is 0 Å². The molecule has 1 atom stereocenters. The van der Waals surface area contributed by atoms with Gasteiger partial charge in [-0.25, -0.2) is 9.78 Å². The first kappa shape index (κ1) is 18.2. The van der Waals surface area contributed by atoms with E-state index in [2.05, 4.69) is 4.98 Å². The summed E-state index contributed by atoms with van der Waals surface area (Å²) in [6.45, 7) is 3.75. The molecule has 3 aromatic rings. The Morgan fingerprint density at radius 2 is 1.81 bits per heavy atom. The highest BCUT2D eigenvalue weighted by atomic mass is 32.2. The van der Waals surface area contributed by atoms with Crippen LogP contribution >= 0.6 is 11.8 Å². The minimum absolute atomic E-state index is 0.0232.